The van der Waals surface area contributed by atoms with E-state index in [4.69, 9.17) is 4.74 Å². The van der Waals surface area contributed by atoms with Crippen LogP contribution in [0, 0.1) is 11.3 Å². The highest BCUT2D eigenvalue weighted by atomic mass is 16.5. The summed E-state index contributed by atoms with van der Waals surface area (Å²) in [6.07, 6.45) is 7.24. The van der Waals surface area contributed by atoms with E-state index in [1.54, 1.807) is 18.6 Å². The molecule has 148 valence electrons. The van der Waals surface area contributed by atoms with Crippen LogP contribution in [-0.4, -0.2) is 53.1 Å². The van der Waals surface area contributed by atoms with Gasteiger partial charge in [0.2, 0.25) is 5.88 Å². The minimum Gasteiger partial charge on any atom is -0.480 e. The van der Waals surface area contributed by atoms with Crippen molar-refractivity contribution in [2.24, 2.45) is 0 Å². The van der Waals surface area contributed by atoms with E-state index in [2.05, 4.69) is 31.2 Å². The smallest absolute Gasteiger partial charge is 0.231 e. The van der Waals surface area contributed by atoms with Crippen LogP contribution in [0.4, 0.5) is 5.82 Å². The predicted molar refractivity (Wildman–Crippen MR) is 113 cm³/mol. The molecule has 0 radical (unpaired) electrons. The number of hydrogen-bond acceptors (Lipinski definition) is 7. The summed E-state index contributed by atoms with van der Waals surface area (Å²) < 4.78 is 5.14. The highest BCUT2D eigenvalue weighted by Crippen LogP contribution is 2.28. The van der Waals surface area contributed by atoms with Crippen LogP contribution in [0.25, 0.3) is 22.0 Å². The van der Waals surface area contributed by atoms with Crippen LogP contribution in [0.2, 0.25) is 0 Å². The number of anilines is 1. The van der Waals surface area contributed by atoms with Gasteiger partial charge in [-0.15, -0.1) is 0 Å². The van der Waals surface area contributed by atoms with E-state index >= 15 is 0 Å². The van der Waals surface area contributed by atoms with Gasteiger partial charge in [0.1, 0.15) is 23.8 Å². The molecule has 0 spiro atoms. The standard InChI is InChI=1S/C22H24N6O/c1-29-22-17(13-23)11-18(14-25-22)16-5-6-20-19(12-16)21(27-15-26-20)24-7-10-28-8-3-2-4-9-28/h5-6,11-12,14-15H,2-4,7-10H2,1H3,(H,24,26,27). The molecule has 3 aromatic rings. The largest absolute Gasteiger partial charge is 0.480 e. The van der Waals surface area contributed by atoms with E-state index in [0.29, 0.717) is 11.4 Å². The van der Waals surface area contributed by atoms with E-state index < -0.39 is 0 Å². The molecule has 0 saturated carbocycles. The van der Waals surface area contributed by atoms with E-state index in [1.165, 1.54) is 39.5 Å². The summed E-state index contributed by atoms with van der Waals surface area (Å²) in [6.45, 7) is 4.22. The van der Waals surface area contributed by atoms with Crippen molar-refractivity contribution in [2.45, 2.75) is 19.3 Å². The van der Waals surface area contributed by atoms with Gasteiger partial charge in [-0.2, -0.15) is 5.26 Å². The number of nitrogens with zero attached hydrogens (tertiary/aromatic N) is 5. The van der Waals surface area contributed by atoms with Crippen LogP contribution >= 0.6 is 0 Å². The van der Waals surface area contributed by atoms with Crippen molar-refractivity contribution in [1.29, 1.82) is 5.26 Å². The molecule has 0 amide bonds. The third-order valence-electron chi connectivity index (χ3n) is 5.30. The SMILES string of the molecule is COc1ncc(-c2ccc3ncnc(NCCN4CCCCC4)c3c2)cc1C#N. The number of rotatable bonds is 6. The molecule has 7 heteroatoms. The molecule has 7 nitrogen and oxygen atoms in total. The third-order valence-corrected chi connectivity index (χ3v) is 5.30. The normalized spacial score (nSPS) is 14.5. The van der Waals surface area contributed by atoms with Crippen molar-refractivity contribution in [3.8, 4) is 23.1 Å². The van der Waals surface area contributed by atoms with Gasteiger partial charge in [0.15, 0.2) is 0 Å². The van der Waals surface area contributed by atoms with E-state index in [0.717, 1.165) is 40.9 Å². The molecule has 0 unspecified atom stereocenters. The summed E-state index contributed by atoms with van der Waals surface area (Å²) >= 11 is 0. The Bertz CT molecular complexity index is 1040. The number of hydrogen-bond donors (Lipinski definition) is 1. The third kappa shape index (κ3) is 4.28. The molecule has 1 aliphatic rings. The maximum atomic E-state index is 9.34. The number of likely N-dealkylation sites (tertiary alicyclic amines) is 1. The number of methoxy groups -OCH3 is 1. The average Bonchev–Trinajstić information content (AvgIpc) is 2.79. The Morgan fingerprint density at radius 3 is 2.76 bits per heavy atom. The van der Waals surface area contributed by atoms with Crippen LogP contribution < -0.4 is 10.1 Å². The molecule has 29 heavy (non-hydrogen) atoms. The molecule has 1 aliphatic heterocycles. The highest BCUT2D eigenvalue weighted by Gasteiger charge is 2.12. The Balaban J connectivity index is 1.58. The number of nitrogens with one attached hydrogen (secondary N) is 1. The molecule has 2 aromatic heterocycles. The topological polar surface area (TPSA) is 87.0 Å². The Hall–Kier alpha value is -3.24. The zero-order valence-corrected chi connectivity index (χ0v) is 16.6. The van der Waals surface area contributed by atoms with Gasteiger partial charge in [0, 0.05) is 30.2 Å². The van der Waals surface area contributed by atoms with Crippen molar-refractivity contribution in [3.05, 3.63) is 42.4 Å². The lowest BCUT2D eigenvalue weighted by molar-refractivity contribution is 0.237. The second-order valence-electron chi connectivity index (χ2n) is 7.18. The quantitative estimate of drug-likeness (QED) is 0.692. The first kappa shape index (κ1) is 19.1. The van der Waals surface area contributed by atoms with E-state index in [-0.39, 0.29) is 0 Å². The summed E-state index contributed by atoms with van der Waals surface area (Å²) in [7, 11) is 1.51. The summed E-state index contributed by atoms with van der Waals surface area (Å²) in [5.41, 5.74) is 3.10. The van der Waals surface area contributed by atoms with Gasteiger partial charge < -0.3 is 15.0 Å². The molecular formula is C22H24N6O. The highest BCUT2D eigenvalue weighted by molar-refractivity contribution is 5.92. The Morgan fingerprint density at radius 2 is 1.97 bits per heavy atom. The Morgan fingerprint density at radius 1 is 1.10 bits per heavy atom. The van der Waals surface area contributed by atoms with Gasteiger partial charge in [-0.05, 0) is 49.7 Å². The maximum Gasteiger partial charge on any atom is 0.231 e. The zero-order valence-electron chi connectivity index (χ0n) is 16.6. The van der Waals surface area contributed by atoms with Gasteiger partial charge in [0.25, 0.3) is 0 Å². The Labute approximate surface area is 170 Å². The molecule has 0 bridgehead atoms. The molecule has 4 rings (SSSR count). The second kappa shape index (κ2) is 8.84. The number of ether oxygens (including phenoxy) is 1. The number of aromatic nitrogens is 3. The van der Waals surface area contributed by atoms with Crippen molar-refractivity contribution in [3.63, 3.8) is 0 Å². The van der Waals surface area contributed by atoms with Crippen molar-refractivity contribution in [2.75, 3.05) is 38.6 Å². The fourth-order valence-corrected chi connectivity index (χ4v) is 3.75. The summed E-state index contributed by atoms with van der Waals surface area (Å²) in [6, 6.07) is 9.93. The van der Waals surface area contributed by atoms with Crippen molar-refractivity contribution >= 4 is 16.7 Å². The monoisotopic (exact) mass is 388 g/mol. The second-order valence-corrected chi connectivity index (χ2v) is 7.18. The summed E-state index contributed by atoms with van der Waals surface area (Å²) in [4.78, 5) is 15.6. The lowest BCUT2D eigenvalue weighted by Crippen LogP contribution is -2.33. The lowest BCUT2D eigenvalue weighted by Gasteiger charge is -2.26. The fourth-order valence-electron chi connectivity index (χ4n) is 3.75. The summed E-state index contributed by atoms with van der Waals surface area (Å²) in [5, 5.41) is 13.8. The molecular weight excluding hydrogens is 364 g/mol. The van der Waals surface area contributed by atoms with Crippen LogP contribution in [0.15, 0.2) is 36.8 Å². The van der Waals surface area contributed by atoms with Gasteiger partial charge in [-0.1, -0.05) is 12.5 Å². The van der Waals surface area contributed by atoms with E-state index in [1.807, 2.05) is 18.2 Å². The lowest BCUT2D eigenvalue weighted by atomic mass is 10.0. The minimum absolute atomic E-state index is 0.334. The van der Waals surface area contributed by atoms with Crippen LogP contribution in [0.1, 0.15) is 24.8 Å². The van der Waals surface area contributed by atoms with Crippen LogP contribution in [0.3, 0.4) is 0 Å². The van der Waals surface area contributed by atoms with Crippen LogP contribution in [0.5, 0.6) is 5.88 Å². The molecule has 1 saturated heterocycles. The number of fused-ring (bicyclic) bond motifs is 1. The first-order valence-electron chi connectivity index (χ1n) is 9.94. The number of benzene rings is 1. The molecule has 3 heterocycles. The van der Waals surface area contributed by atoms with E-state index in [9.17, 15) is 5.26 Å². The predicted octanol–water partition coefficient (Wildman–Crippen LogP) is 3.47. The van der Waals surface area contributed by atoms with Crippen LogP contribution in [-0.2, 0) is 0 Å². The van der Waals surface area contributed by atoms with Gasteiger partial charge in [-0.25, -0.2) is 15.0 Å². The first-order chi connectivity index (χ1) is 14.3. The number of pyridine rings is 1. The fraction of sp³-hybridized carbons (Fsp3) is 0.364. The molecule has 1 N–H and O–H groups in total. The van der Waals surface area contributed by atoms with Gasteiger partial charge in [0.05, 0.1) is 12.6 Å². The molecule has 0 atom stereocenters. The van der Waals surface area contributed by atoms with Crippen molar-refractivity contribution < 1.29 is 4.74 Å². The number of nitriles is 1. The van der Waals surface area contributed by atoms with Gasteiger partial charge >= 0.3 is 0 Å². The first-order valence-corrected chi connectivity index (χ1v) is 9.94. The zero-order chi connectivity index (χ0) is 20.1. The summed E-state index contributed by atoms with van der Waals surface area (Å²) in [5.74, 6) is 1.16. The Kier molecular flexibility index (Phi) is 5.82. The number of piperidine rings is 1. The molecule has 1 fully saturated rings. The minimum atomic E-state index is 0.334. The maximum absolute atomic E-state index is 9.34. The molecule has 0 aliphatic carbocycles. The molecule has 1 aromatic carbocycles. The van der Waals surface area contributed by atoms with Crippen molar-refractivity contribution in [1.82, 2.24) is 19.9 Å². The average molecular weight is 388 g/mol. The van der Waals surface area contributed by atoms with Gasteiger partial charge in [-0.3, -0.25) is 0 Å².